The van der Waals surface area contributed by atoms with Crippen LogP contribution in [0.15, 0.2) is 0 Å². The molecule has 1 unspecified atom stereocenters. The first-order chi connectivity index (χ1) is 4.88. The molecule has 0 aliphatic carbocycles. The monoisotopic (exact) mass is 140 g/mol. The number of amides is 1. The quantitative estimate of drug-likeness (QED) is 0.495. The van der Waals surface area contributed by atoms with Gasteiger partial charge in [0.2, 0.25) is 5.91 Å². The van der Waals surface area contributed by atoms with E-state index in [0.29, 0.717) is 12.6 Å². The average molecular weight is 140 g/mol. The summed E-state index contributed by atoms with van der Waals surface area (Å²) in [4.78, 5) is 13.1. The molecule has 2 saturated heterocycles. The van der Waals surface area contributed by atoms with Crippen LogP contribution in [-0.4, -0.2) is 36.5 Å². The molecular weight excluding hydrogens is 128 g/mol. The highest BCUT2D eigenvalue weighted by atomic mass is 16.2. The van der Waals surface area contributed by atoms with Crippen LogP contribution in [0.3, 0.4) is 0 Å². The summed E-state index contributed by atoms with van der Waals surface area (Å²) in [6.07, 6.45) is 2.39. The normalized spacial score (nSPS) is 32.6. The van der Waals surface area contributed by atoms with Crippen molar-refractivity contribution in [3.63, 3.8) is 0 Å². The highest BCUT2D eigenvalue weighted by Crippen LogP contribution is 2.18. The minimum atomic E-state index is 0.286. The number of hydrogen-bond donors (Lipinski definition) is 1. The molecule has 3 heteroatoms. The maximum Gasteiger partial charge on any atom is 0.236 e. The molecule has 10 heavy (non-hydrogen) atoms. The van der Waals surface area contributed by atoms with Gasteiger partial charge in [0.15, 0.2) is 0 Å². The van der Waals surface area contributed by atoms with Crippen molar-refractivity contribution in [1.82, 2.24) is 10.2 Å². The average Bonchev–Trinajstić information content (AvgIpc) is 2.36. The van der Waals surface area contributed by atoms with Crippen molar-refractivity contribution in [3.8, 4) is 0 Å². The molecule has 0 aromatic carbocycles. The van der Waals surface area contributed by atoms with Crippen molar-refractivity contribution in [1.29, 1.82) is 0 Å². The van der Waals surface area contributed by atoms with Gasteiger partial charge in [-0.15, -0.1) is 0 Å². The van der Waals surface area contributed by atoms with Crippen molar-refractivity contribution in [2.24, 2.45) is 0 Å². The van der Waals surface area contributed by atoms with Crippen molar-refractivity contribution < 1.29 is 4.79 Å². The Morgan fingerprint density at radius 3 is 3.30 bits per heavy atom. The molecule has 0 bridgehead atoms. The van der Waals surface area contributed by atoms with E-state index in [2.05, 4.69) is 5.32 Å². The molecule has 2 rings (SSSR count). The molecule has 0 spiro atoms. The van der Waals surface area contributed by atoms with Crippen LogP contribution in [0.5, 0.6) is 0 Å². The van der Waals surface area contributed by atoms with Gasteiger partial charge in [-0.2, -0.15) is 0 Å². The molecule has 0 saturated carbocycles. The van der Waals surface area contributed by atoms with Crippen LogP contribution in [0, 0.1) is 0 Å². The highest BCUT2D eigenvalue weighted by Gasteiger charge is 2.31. The summed E-state index contributed by atoms with van der Waals surface area (Å²) in [5, 5.41) is 3.11. The van der Waals surface area contributed by atoms with E-state index in [4.69, 9.17) is 0 Å². The summed E-state index contributed by atoms with van der Waals surface area (Å²) in [7, 11) is 0. The van der Waals surface area contributed by atoms with E-state index in [1.165, 1.54) is 12.8 Å². The van der Waals surface area contributed by atoms with E-state index in [1.807, 2.05) is 4.90 Å². The van der Waals surface area contributed by atoms with E-state index in [9.17, 15) is 4.79 Å². The zero-order chi connectivity index (χ0) is 6.97. The Hall–Kier alpha value is -0.570. The zero-order valence-electron chi connectivity index (χ0n) is 5.97. The molecule has 56 valence electrons. The van der Waals surface area contributed by atoms with Gasteiger partial charge in [-0.3, -0.25) is 4.79 Å². The molecule has 0 radical (unpaired) electrons. The topological polar surface area (TPSA) is 32.3 Å². The SMILES string of the molecule is O=C1CNCC2CCCN12. The predicted molar refractivity (Wildman–Crippen MR) is 37.6 cm³/mol. The number of nitrogens with one attached hydrogen (secondary N) is 1. The Morgan fingerprint density at radius 1 is 1.60 bits per heavy atom. The van der Waals surface area contributed by atoms with Crippen LogP contribution in [0.4, 0.5) is 0 Å². The molecule has 2 aliphatic heterocycles. The molecule has 2 fully saturated rings. The molecule has 2 aliphatic rings. The number of piperazine rings is 1. The van der Waals surface area contributed by atoms with E-state index in [0.717, 1.165) is 13.1 Å². The Morgan fingerprint density at radius 2 is 2.50 bits per heavy atom. The van der Waals surface area contributed by atoms with E-state index >= 15 is 0 Å². The van der Waals surface area contributed by atoms with Crippen molar-refractivity contribution >= 4 is 5.91 Å². The second-order valence-corrected chi connectivity index (χ2v) is 3.01. The molecular formula is C7H12N2O. The Balaban J connectivity index is 2.10. The summed E-state index contributed by atoms with van der Waals surface area (Å²) in [5.41, 5.74) is 0. The first-order valence-electron chi connectivity index (χ1n) is 3.88. The minimum absolute atomic E-state index is 0.286. The predicted octanol–water partition coefficient (Wildman–Crippen LogP) is -0.419. The fourth-order valence-electron chi connectivity index (χ4n) is 1.82. The standard InChI is InChI=1S/C7H12N2O/c10-7-5-8-4-6-2-1-3-9(6)7/h6,8H,1-5H2. The first-order valence-corrected chi connectivity index (χ1v) is 3.88. The summed E-state index contributed by atoms with van der Waals surface area (Å²) < 4.78 is 0. The van der Waals surface area contributed by atoms with Crippen molar-refractivity contribution in [2.45, 2.75) is 18.9 Å². The molecule has 2 heterocycles. The first kappa shape index (κ1) is 6.16. The second-order valence-electron chi connectivity index (χ2n) is 3.01. The number of nitrogens with zero attached hydrogens (tertiary/aromatic N) is 1. The van der Waals surface area contributed by atoms with E-state index < -0.39 is 0 Å². The fourth-order valence-corrected chi connectivity index (χ4v) is 1.82. The Kier molecular flexibility index (Phi) is 1.38. The van der Waals surface area contributed by atoms with Gasteiger partial charge >= 0.3 is 0 Å². The zero-order valence-corrected chi connectivity index (χ0v) is 5.97. The summed E-state index contributed by atoms with van der Waals surface area (Å²) in [6, 6.07) is 0.515. The minimum Gasteiger partial charge on any atom is -0.337 e. The molecule has 1 amide bonds. The van der Waals surface area contributed by atoms with E-state index in [1.54, 1.807) is 0 Å². The summed E-state index contributed by atoms with van der Waals surface area (Å²) >= 11 is 0. The lowest BCUT2D eigenvalue weighted by atomic mass is 10.2. The van der Waals surface area contributed by atoms with E-state index in [-0.39, 0.29) is 5.91 Å². The molecule has 1 atom stereocenters. The second kappa shape index (κ2) is 2.23. The molecule has 3 nitrogen and oxygen atoms in total. The largest absolute Gasteiger partial charge is 0.337 e. The van der Waals surface area contributed by atoms with Crippen molar-refractivity contribution in [2.75, 3.05) is 19.6 Å². The Labute approximate surface area is 60.4 Å². The maximum absolute atomic E-state index is 11.1. The van der Waals surface area contributed by atoms with Gasteiger partial charge in [-0.25, -0.2) is 0 Å². The summed E-state index contributed by atoms with van der Waals surface area (Å²) in [6.45, 7) is 2.55. The maximum atomic E-state index is 11.1. The van der Waals surface area contributed by atoms with Crippen LogP contribution in [0.2, 0.25) is 0 Å². The fraction of sp³-hybridized carbons (Fsp3) is 0.857. The lowest BCUT2D eigenvalue weighted by Gasteiger charge is -2.29. The highest BCUT2D eigenvalue weighted by molar-refractivity contribution is 5.79. The summed E-state index contributed by atoms with van der Waals surface area (Å²) in [5.74, 6) is 0.286. The van der Waals surface area contributed by atoms with Crippen LogP contribution in [0.1, 0.15) is 12.8 Å². The van der Waals surface area contributed by atoms with Gasteiger partial charge in [0.25, 0.3) is 0 Å². The van der Waals surface area contributed by atoms with Crippen LogP contribution >= 0.6 is 0 Å². The van der Waals surface area contributed by atoms with Gasteiger partial charge in [0, 0.05) is 19.1 Å². The van der Waals surface area contributed by atoms with Gasteiger partial charge in [-0.05, 0) is 12.8 Å². The van der Waals surface area contributed by atoms with Gasteiger partial charge < -0.3 is 10.2 Å². The number of carbonyl (C=O) groups is 1. The third-order valence-electron chi connectivity index (χ3n) is 2.35. The number of fused-ring (bicyclic) bond motifs is 1. The van der Waals surface area contributed by atoms with Gasteiger partial charge in [0.05, 0.1) is 6.54 Å². The number of rotatable bonds is 0. The number of carbonyl (C=O) groups excluding carboxylic acids is 1. The molecule has 0 aromatic rings. The van der Waals surface area contributed by atoms with Crippen LogP contribution in [0.25, 0.3) is 0 Å². The third kappa shape index (κ3) is 0.814. The molecule has 1 N–H and O–H groups in total. The van der Waals surface area contributed by atoms with Crippen LogP contribution < -0.4 is 5.32 Å². The lowest BCUT2D eigenvalue weighted by Crippen LogP contribution is -2.51. The van der Waals surface area contributed by atoms with Crippen LogP contribution in [-0.2, 0) is 4.79 Å². The number of hydrogen-bond acceptors (Lipinski definition) is 2. The molecule has 0 aromatic heterocycles. The third-order valence-corrected chi connectivity index (χ3v) is 2.35. The van der Waals surface area contributed by atoms with Gasteiger partial charge in [0.1, 0.15) is 0 Å². The lowest BCUT2D eigenvalue weighted by molar-refractivity contribution is -0.132. The van der Waals surface area contributed by atoms with Gasteiger partial charge in [-0.1, -0.05) is 0 Å². The van der Waals surface area contributed by atoms with Crippen molar-refractivity contribution in [3.05, 3.63) is 0 Å². The smallest absolute Gasteiger partial charge is 0.236 e. The Bertz CT molecular complexity index is 158.